The van der Waals surface area contributed by atoms with Gasteiger partial charge in [0.2, 0.25) is 0 Å². The summed E-state index contributed by atoms with van der Waals surface area (Å²) in [6, 6.07) is 3.82. The van der Waals surface area contributed by atoms with Gasteiger partial charge in [0.15, 0.2) is 11.6 Å². The van der Waals surface area contributed by atoms with Gasteiger partial charge in [-0.2, -0.15) is 0 Å². The zero-order valence-electron chi connectivity index (χ0n) is 10.3. The molecule has 1 aliphatic rings. The first kappa shape index (κ1) is 11.2. The van der Waals surface area contributed by atoms with Crippen LogP contribution in [0.3, 0.4) is 0 Å². The highest BCUT2D eigenvalue weighted by Gasteiger charge is 2.45. The van der Waals surface area contributed by atoms with Gasteiger partial charge in [-0.1, -0.05) is 13.8 Å². The van der Waals surface area contributed by atoms with Gasteiger partial charge in [0.1, 0.15) is 0 Å². The summed E-state index contributed by atoms with van der Waals surface area (Å²) in [5, 5.41) is 3.41. The molecule has 1 aromatic rings. The standard InChI is InChI=1S/C13H20N2O/c1-10(2)13(6-7-13)9-15-12-11(16-3)5-4-8-14-12/h4-5,8,10H,6-7,9H2,1-3H3,(H,14,15). The van der Waals surface area contributed by atoms with Gasteiger partial charge in [0, 0.05) is 12.7 Å². The molecule has 3 nitrogen and oxygen atoms in total. The molecule has 88 valence electrons. The number of nitrogens with zero attached hydrogens (tertiary/aromatic N) is 1. The minimum Gasteiger partial charge on any atom is -0.493 e. The second-order valence-electron chi connectivity index (χ2n) is 4.92. The van der Waals surface area contributed by atoms with E-state index in [1.54, 1.807) is 13.3 Å². The number of hydrogen-bond donors (Lipinski definition) is 1. The lowest BCUT2D eigenvalue weighted by atomic mass is 9.92. The molecule has 0 bridgehead atoms. The summed E-state index contributed by atoms with van der Waals surface area (Å²) < 4.78 is 5.27. The van der Waals surface area contributed by atoms with Gasteiger partial charge < -0.3 is 10.1 Å². The van der Waals surface area contributed by atoms with Crippen molar-refractivity contribution in [3.05, 3.63) is 18.3 Å². The molecule has 0 unspecified atom stereocenters. The lowest BCUT2D eigenvalue weighted by Gasteiger charge is -2.20. The first-order valence-corrected chi connectivity index (χ1v) is 5.91. The minimum absolute atomic E-state index is 0.489. The van der Waals surface area contributed by atoms with E-state index in [0.717, 1.165) is 24.0 Å². The maximum Gasteiger partial charge on any atom is 0.168 e. The molecule has 0 spiro atoms. The van der Waals surface area contributed by atoms with Crippen molar-refractivity contribution in [3.8, 4) is 5.75 Å². The number of pyridine rings is 1. The largest absolute Gasteiger partial charge is 0.493 e. The van der Waals surface area contributed by atoms with Crippen LogP contribution in [0.4, 0.5) is 5.82 Å². The van der Waals surface area contributed by atoms with Crippen LogP contribution in [0.25, 0.3) is 0 Å². The van der Waals surface area contributed by atoms with Crippen LogP contribution in [0, 0.1) is 11.3 Å². The van der Waals surface area contributed by atoms with E-state index in [2.05, 4.69) is 24.1 Å². The highest BCUT2D eigenvalue weighted by molar-refractivity contribution is 5.49. The molecule has 1 fully saturated rings. The average molecular weight is 220 g/mol. The van der Waals surface area contributed by atoms with Crippen molar-refractivity contribution in [2.75, 3.05) is 19.0 Å². The number of methoxy groups -OCH3 is 1. The van der Waals surface area contributed by atoms with Gasteiger partial charge in [-0.05, 0) is 36.3 Å². The predicted molar refractivity (Wildman–Crippen MR) is 65.8 cm³/mol. The zero-order chi connectivity index (χ0) is 11.6. The van der Waals surface area contributed by atoms with E-state index < -0.39 is 0 Å². The van der Waals surface area contributed by atoms with E-state index in [1.807, 2.05) is 12.1 Å². The summed E-state index contributed by atoms with van der Waals surface area (Å²) in [5.41, 5.74) is 0.489. The van der Waals surface area contributed by atoms with E-state index in [4.69, 9.17) is 4.74 Å². The van der Waals surface area contributed by atoms with E-state index >= 15 is 0 Å². The molecule has 1 aliphatic carbocycles. The van der Waals surface area contributed by atoms with Crippen LogP contribution in [0.1, 0.15) is 26.7 Å². The third kappa shape index (κ3) is 2.13. The highest BCUT2D eigenvalue weighted by atomic mass is 16.5. The van der Waals surface area contributed by atoms with Crippen molar-refractivity contribution in [2.24, 2.45) is 11.3 Å². The second-order valence-corrected chi connectivity index (χ2v) is 4.92. The van der Waals surface area contributed by atoms with Gasteiger partial charge in [-0.3, -0.25) is 0 Å². The first-order chi connectivity index (χ1) is 7.68. The van der Waals surface area contributed by atoms with Gasteiger partial charge in [0.05, 0.1) is 7.11 Å². The Morgan fingerprint density at radius 1 is 1.50 bits per heavy atom. The summed E-state index contributed by atoms with van der Waals surface area (Å²) in [4.78, 5) is 4.30. The Bertz CT molecular complexity index is 359. The molecular formula is C13H20N2O. The third-order valence-electron chi connectivity index (χ3n) is 3.72. The normalized spacial score (nSPS) is 17.2. The predicted octanol–water partition coefficient (Wildman–Crippen LogP) is 2.94. The van der Waals surface area contributed by atoms with Gasteiger partial charge >= 0.3 is 0 Å². The molecule has 1 N–H and O–H groups in total. The monoisotopic (exact) mass is 220 g/mol. The SMILES string of the molecule is COc1cccnc1NCC1(C(C)C)CC1. The van der Waals surface area contributed by atoms with E-state index in [1.165, 1.54) is 12.8 Å². The van der Waals surface area contributed by atoms with E-state index in [-0.39, 0.29) is 0 Å². The number of aromatic nitrogens is 1. The van der Waals surface area contributed by atoms with Crippen molar-refractivity contribution in [3.63, 3.8) is 0 Å². The Kier molecular flexibility index (Phi) is 3.03. The second kappa shape index (κ2) is 4.32. The Labute approximate surface area is 97.2 Å². The summed E-state index contributed by atoms with van der Waals surface area (Å²) in [7, 11) is 1.68. The van der Waals surface area contributed by atoms with E-state index in [0.29, 0.717) is 5.41 Å². The molecule has 1 aromatic heterocycles. The maximum absolute atomic E-state index is 5.27. The third-order valence-corrected chi connectivity index (χ3v) is 3.72. The van der Waals surface area contributed by atoms with Gasteiger partial charge in [-0.15, -0.1) is 0 Å². The zero-order valence-corrected chi connectivity index (χ0v) is 10.3. The molecular weight excluding hydrogens is 200 g/mol. The summed E-state index contributed by atoms with van der Waals surface area (Å²) in [5.74, 6) is 2.41. The number of anilines is 1. The molecule has 0 radical (unpaired) electrons. The molecule has 0 saturated heterocycles. The fraction of sp³-hybridized carbons (Fsp3) is 0.615. The summed E-state index contributed by atoms with van der Waals surface area (Å²) >= 11 is 0. The maximum atomic E-state index is 5.27. The smallest absolute Gasteiger partial charge is 0.168 e. The molecule has 2 rings (SSSR count). The average Bonchev–Trinajstić information content (AvgIpc) is 3.08. The van der Waals surface area contributed by atoms with Crippen LogP contribution in [-0.2, 0) is 0 Å². The highest BCUT2D eigenvalue weighted by Crippen LogP contribution is 2.51. The quantitative estimate of drug-likeness (QED) is 0.828. The topological polar surface area (TPSA) is 34.1 Å². The number of nitrogens with one attached hydrogen (secondary N) is 1. The summed E-state index contributed by atoms with van der Waals surface area (Å²) in [6.07, 6.45) is 4.44. The van der Waals surface area contributed by atoms with Crippen LogP contribution < -0.4 is 10.1 Å². The lowest BCUT2D eigenvalue weighted by Crippen LogP contribution is -2.21. The van der Waals surface area contributed by atoms with Crippen LogP contribution >= 0.6 is 0 Å². The molecule has 0 amide bonds. The minimum atomic E-state index is 0.489. The number of ether oxygens (including phenoxy) is 1. The van der Waals surface area contributed by atoms with Crippen LogP contribution in [0.2, 0.25) is 0 Å². The number of hydrogen-bond acceptors (Lipinski definition) is 3. The molecule has 3 heteroatoms. The lowest BCUT2D eigenvalue weighted by molar-refractivity contribution is 0.377. The molecule has 0 aromatic carbocycles. The molecule has 1 heterocycles. The van der Waals surface area contributed by atoms with Gasteiger partial charge in [-0.25, -0.2) is 4.98 Å². The van der Waals surface area contributed by atoms with Crippen molar-refractivity contribution in [1.29, 1.82) is 0 Å². The van der Waals surface area contributed by atoms with Gasteiger partial charge in [0.25, 0.3) is 0 Å². The van der Waals surface area contributed by atoms with Crippen LogP contribution in [-0.4, -0.2) is 18.6 Å². The van der Waals surface area contributed by atoms with E-state index in [9.17, 15) is 0 Å². The Morgan fingerprint density at radius 3 is 2.81 bits per heavy atom. The number of rotatable bonds is 5. The van der Waals surface area contributed by atoms with Crippen LogP contribution in [0.15, 0.2) is 18.3 Å². The fourth-order valence-corrected chi connectivity index (χ4v) is 2.07. The summed E-state index contributed by atoms with van der Waals surface area (Å²) in [6.45, 7) is 5.59. The first-order valence-electron chi connectivity index (χ1n) is 5.91. The Balaban J connectivity index is 2.00. The Morgan fingerprint density at radius 2 is 2.25 bits per heavy atom. The molecule has 16 heavy (non-hydrogen) atoms. The van der Waals surface area contributed by atoms with Crippen molar-refractivity contribution >= 4 is 5.82 Å². The molecule has 1 saturated carbocycles. The fourth-order valence-electron chi connectivity index (χ4n) is 2.07. The Hall–Kier alpha value is -1.25. The van der Waals surface area contributed by atoms with Crippen LogP contribution in [0.5, 0.6) is 5.75 Å². The molecule has 0 aliphatic heterocycles. The molecule has 0 atom stereocenters. The van der Waals surface area contributed by atoms with Crippen molar-refractivity contribution < 1.29 is 4.74 Å². The van der Waals surface area contributed by atoms with Crippen molar-refractivity contribution in [2.45, 2.75) is 26.7 Å². The van der Waals surface area contributed by atoms with Crippen molar-refractivity contribution in [1.82, 2.24) is 4.98 Å².